The fourth-order valence-electron chi connectivity index (χ4n) is 1.82. The first kappa shape index (κ1) is 15.2. The SMILES string of the molecule is CCC(NC(C)C(=O)c1ccccc1OC)C(=O)O. The van der Waals surface area contributed by atoms with Gasteiger partial charge in [-0.15, -0.1) is 0 Å². The summed E-state index contributed by atoms with van der Waals surface area (Å²) in [5, 5.41) is 11.8. The highest BCUT2D eigenvalue weighted by Gasteiger charge is 2.23. The first-order chi connectivity index (χ1) is 9.01. The van der Waals surface area contributed by atoms with Gasteiger partial charge in [-0.05, 0) is 25.5 Å². The van der Waals surface area contributed by atoms with E-state index < -0.39 is 18.1 Å². The summed E-state index contributed by atoms with van der Waals surface area (Å²) in [6, 6.07) is 5.58. The first-order valence-corrected chi connectivity index (χ1v) is 6.17. The van der Waals surface area contributed by atoms with Crippen LogP contribution in [0.4, 0.5) is 0 Å². The number of ether oxygens (including phenoxy) is 1. The van der Waals surface area contributed by atoms with Gasteiger partial charge in [0, 0.05) is 0 Å². The van der Waals surface area contributed by atoms with Gasteiger partial charge in [-0.2, -0.15) is 0 Å². The van der Waals surface area contributed by atoms with Crippen molar-refractivity contribution in [1.82, 2.24) is 5.32 Å². The highest BCUT2D eigenvalue weighted by atomic mass is 16.5. The number of carboxylic acid groups (broad SMARTS) is 1. The van der Waals surface area contributed by atoms with Crippen LogP contribution in [0.1, 0.15) is 30.6 Å². The Morgan fingerprint density at radius 2 is 2.00 bits per heavy atom. The van der Waals surface area contributed by atoms with E-state index in [0.717, 1.165) is 0 Å². The molecule has 0 aliphatic heterocycles. The molecule has 1 aromatic carbocycles. The van der Waals surface area contributed by atoms with Crippen molar-refractivity contribution in [2.75, 3.05) is 7.11 Å². The molecule has 19 heavy (non-hydrogen) atoms. The fraction of sp³-hybridized carbons (Fsp3) is 0.429. The second kappa shape index (κ2) is 6.89. The number of carboxylic acids is 1. The van der Waals surface area contributed by atoms with E-state index in [1.54, 1.807) is 38.1 Å². The van der Waals surface area contributed by atoms with Crippen molar-refractivity contribution in [3.05, 3.63) is 29.8 Å². The highest BCUT2D eigenvalue weighted by molar-refractivity contribution is 6.02. The van der Waals surface area contributed by atoms with Gasteiger partial charge in [0.05, 0.1) is 18.7 Å². The number of nitrogens with one attached hydrogen (secondary N) is 1. The fourth-order valence-corrected chi connectivity index (χ4v) is 1.82. The number of aliphatic carboxylic acids is 1. The van der Waals surface area contributed by atoms with Crippen LogP contribution in [-0.2, 0) is 4.79 Å². The molecule has 2 N–H and O–H groups in total. The minimum Gasteiger partial charge on any atom is -0.496 e. The number of Topliss-reactive ketones (excluding diaryl/α,β-unsaturated/α-hetero) is 1. The monoisotopic (exact) mass is 265 g/mol. The first-order valence-electron chi connectivity index (χ1n) is 6.17. The summed E-state index contributed by atoms with van der Waals surface area (Å²) < 4.78 is 5.13. The third-order valence-electron chi connectivity index (χ3n) is 2.92. The summed E-state index contributed by atoms with van der Waals surface area (Å²) in [7, 11) is 1.50. The summed E-state index contributed by atoms with van der Waals surface area (Å²) in [6.07, 6.45) is 0.416. The second-order valence-corrected chi connectivity index (χ2v) is 4.25. The van der Waals surface area contributed by atoms with Crippen molar-refractivity contribution in [2.45, 2.75) is 32.4 Å². The Bertz CT molecular complexity index is 459. The van der Waals surface area contributed by atoms with Gasteiger partial charge < -0.3 is 9.84 Å². The predicted molar refractivity (Wildman–Crippen MR) is 71.6 cm³/mol. The lowest BCUT2D eigenvalue weighted by Gasteiger charge is -2.19. The average molecular weight is 265 g/mol. The van der Waals surface area contributed by atoms with Gasteiger partial charge in [0.1, 0.15) is 11.8 Å². The van der Waals surface area contributed by atoms with Crippen molar-refractivity contribution in [2.24, 2.45) is 0 Å². The van der Waals surface area contributed by atoms with Crippen molar-refractivity contribution in [3.63, 3.8) is 0 Å². The van der Waals surface area contributed by atoms with Crippen LogP contribution >= 0.6 is 0 Å². The van der Waals surface area contributed by atoms with Crippen LogP contribution in [0.3, 0.4) is 0 Å². The summed E-state index contributed by atoms with van der Waals surface area (Å²) >= 11 is 0. The van der Waals surface area contributed by atoms with Gasteiger partial charge in [0.2, 0.25) is 0 Å². The van der Waals surface area contributed by atoms with Gasteiger partial charge in [0.15, 0.2) is 5.78 Å². The Morgan fingerprint density at radius 1 is 1.37 bits per heavy atom. The minimum atomic E-state index is -0.956. The molecule has 0 aliphatic carbocycles. The predicted octanol–water partition coefficient (Wildman–Crippen LogP) is 1.72. The number of carbonyl (C=O) groups excluding carboxylic acids is 1. The maximum absolute atomic E-state index is 12.3. The van der Waals surface area contributed by atoms with Gasteiger partial charge >= 0.3 is 5.97 Å². The summed E-state index contributed by atoms with van der Waals surface area (Å²) in [5.74, 6) is -0.649. The molecule has 0 fully saturated rings. The molecule has 0 saturated carbocycles. The van der Waals surface area contributed by atoms with Gasteiger partial charge in [-0.25, -0.2) is 0 Å². The van der Waals surface area contributed by atoms with Crippen molar-refractivity contribution < 1.29 is 19.4 Å². The summed E-state index contributed by atoms with van der Waals surface area (Å²) in [5.41, 5.74) is 0.449. The Morgan fingerprint density at radius 3 is 2.53 bits per heavy atom. The van der Waals surface area contributed by atoms with E-state index in [1.807, 2.05) is 0 Å². The topological polar surface area (TPSA) is 75.6 Å². The number of carbonyl (C=O) groups is 2. The molecule has 104 valence electrons. The molecule has 0 radical (unpaired) electrons. The number of rotatable bonds is 7. The molecular formula is C14H19NO4. The minimum absolute atomic E-state index is 0.183. The molecule has 2 unspecified atom stereocenters. The number of ketones is 1. The molecule has 0 heterocycles. The molecule has 0 aliphatic rings. The molecule has 0 aromatic heterocycles. The van der Waals surface area contributed by atoms with Crippen LogP contribution in [0.5, 0.6) is 5.75 Å². The molecule has 5 heteroatoms. The molecule has 1 aromatic rings. The Hall–Kier alpha value is -1.88. The summed E-state index contributed by atoms with van der Waals surface area (Å²) in [6.45, 7) is 3.41. The van der Waals surface area contributed by atoms with Gasteiger partial charge in [-0.1, -0.05) is 19.1 Å². The smallest absolute Gasteiger partial charge is 0.320 e. The maximum Gasteiger partial charge on any atom is 0.320 e. The van der Waals surface area contributed by atoms with E-state index in [0.29, 0.717) is 17.7 Å². The normalized spacial score (nSPS) is 13.6. The maximum atomic E-state index is 12.3. The lowest BCUT2D eigenvalue weighted by Crippen LogP contribution is -2.45. The molecule has 5 nitrogen and oxygen atoms in total. The third-order valence-corrected chi connectivity index (χ3v) is 2.92. The molecule has 0 bridgehead atoms. The summed E-state index contributed by atoms with van der Waals surface area (Å²) in [4.78, 5) is 23.2. The molecule has 1 rings (SSSR count). The number of hydrogen-bond acceptors (Lipinski definition) is 4. The highest BCUT2D eigenvalue weighted by Crippen LogP contribution is 2.19. The van der Waals surface area contributed by atoms with Crippen LogP contribution in [-0.4, -0.2) is 36.1 Å². The van der Waals surface area contributed by atoms with Crippen molar-refractivity contribution >= 4 is 11.8 Å². The zero-order valence-electron chi connectivity index (χ0n) is 11.3. The van der Waals surface area contributed by atoms with E-state index in [2.05, 4.69) is 5.32 Å². The quantitative estimate of drug-likeness (QED) is 0.734. The number of hydrogen-bond donors (Lipinski definition) is 2. The second-order valence-electron chi connectivity index (χ2n) is 4.25. The van der Waals surface area contributed by atoms with E-state index in [-0.39, 0.29) is 5.78 Å². The van der Waals surface area contributed by atoms with E-state index >= 15 is 0 Å². The Kier molecular flexibility index (Phi) is 5.51. The molecule has 2 atom stereocenters. The standard InChI is InChI=1S/C14H19NO4/c1-4-11(14(17)18)15-9(2)13(16)10-7-5-6-8-12(10)19-3/h5-9,11,15H,4H2,1-3H3,(H,17,18). The van der Waals surface area contributed by atoms with Crippen LogP contribution in [0.15, 0.2) is 24.3 Å². The van der Waals surface area contributed by atoms with Crippen LogP contribution in [0.25, 0.3) is 0 Å². The van der Waals surface area contributed by atoms with Crippen LogP contribution in [0, 0.1) is 0 Å². The largest absolute Gasteiger partial charge is 0.496 e. The van der Waals surface area contributed by atoms with E-state index in [1.165, 1.54) is 7.11 Å². The van der Waals surface area contributed by atoms with E-state index in [9.17, 15) is 9.59 Å². The molecule has 0 spiro atoms. The molecule has 0 amide bonds. The van der Waals surface area contributed by atoms with Crippen LogP contribution in [0.2, 0.25) is 0 Å². The molecule has 0 saturated heterocycles. The molecular weight excluding hydrogens is 246 g/mol. The number of methoxy groups -OCH3 is 1. The number of benzene rings is 1. The van der Waals surface area contributed by atoms with Gasteiger partial charge in [-0.3, -0.25) is 14.9 Å². The van der Waals surface area contributed by atoms with Crippen molar-refractivity contribution in [3.8, 4) is 5.75 Å². The van der Waals surface area contributed by atoms with Crippen molar-refractivity contribution in [1.29, 1.82) is 0 Å². The van der Waals surface area contributed by atoms with E-state index in [4.69, 9.17) is 9.84 Å². The number of para-hydroxylation sites is 1. The van der Waals surface area contributed by atoms with Crippen LogP contribution < -0.4 is 10.1 Å². The zero-order valence-corrected chi connectivity index (χ0v) is 11.3. The lowest BCUT2D eigenvalue weighted by atomic mass is 10.0. The van der Waals surface area contributed by atoms with Gasteiger partial charge in [0.25, 0.3) is 0 Å². The lowest BCUT2D eigenvalue weighted by molar-refractivity contribution is -0.139. The Labute approximate surface area is 112 Å². The third kappa shape index (κ3) is 3.79. The Balaban J connectivity index is 2.84. The average Bonchev–Trinajstić information content (AvgIpc) is 2.43. The zero-order chi connectivity index (χ0) is 14.4.